The minimum Gasteiger partial charge on any atom is -0.366 e. The van der Waals surface area contributed by atoms with Gasteiger partial charge in [0, 0.05) is 17.3 Å². The second-order valence-electron chi connectivity index (χ2n) is 5.86. The maximum absolute atomic E-state index is 9.16. The molecule has 1 unspecified atom stereocenters. The number of hydrogen-bond acceptors (Lipinski definition) is 4. The maximum atomic E-state index is 9.16. The fraction of sp³-hybridized carbons (Fsp3) is 0.600. The molecule has 2 heterocycles. The smallest absolute Gasteiger partial charge is 0.144 e. The molecule has 3 rings (SSSR count). The highest BCUT2D eigenvalue weighted by atomic mass is 15.1. The molecule has 2 N–H and O–H groups in total. The Hall–Kier alpha value is -1.60. The Balaban J connectivity index is 1.74. The van der Waals surface area contributed by atoms with Crippen molar-refractivity contribution in [1.29, 1.82) is 5.26 Å². The number of hydrogen-bond donors (Lipinski definition) is 2. The molecule has 1 saturated heterocycles. The van der Waals surface area contributed by atoms with Crippen LogP contribution in [-0.4, -0.2) is 23.1 Å². The Bertz CT molecular complexity index is 513. The quantitative estimate of drug-likeness (QED) is 0.852. The van der Waals surface area contributed by atoms with Gasteiger partial charge in [-0.2, -0.15) is 5.26 Å². The lowest BCUT2D eigenvalue weighted by Crippen LogP contribution is -2.58. The summed E-state index contributed by atoms with van der Waals surface area (Å²) in [7, 11) is 0. The van der Waals surface area contributed by atoms with Gasteiger partial charge in [-0.05, 0) is 57.7 Å². The molecule has 19 heavy (non-hydrogen) atoms. The Morgan fingerprint density at radius 3 is 3.00 bits per heavy atom. The van der Waals surface area contributed by atoms with Crippen molar-refractivity contribution in [2.24, 2.45) is 0 Å². The summed E-state index contributed by atoms with van der Waals surface area (Å²) in [6.45, 7) is 3.02. The Kier molecular flexibility index (Phi) is 3.16. The summed E-state index contributed by atoms with van der Waals surface area (Å²) in [6.07, 6.45) is 6.16. The summed E-state index contributed by atoms with van der Waals surface area (Å²) in [6, 6.07) is 6.39. The number of anilines is 1. The predicted octanol–water partition coefficient (Wildman–Crippen LogP) is 2.35. The van der Waals surface area contributed by atoms with Gasteiger partial charge in [-0.15, -0.1) is 0 Å². The van der Waals surface area contributed by atoms with Crippen LogP contribution in [0.4, 0.5) is 5.82 Å². The zero-order valence-electron chi connectivity index (χ0n) is 11.4. The van der Waals surface area contributed by atoms with Crippen molar-refractivity contribution < 1.29 is 0 Å². The van der Waals surface area contributed by atoms with Crippen LogP contribution in [-0.2, 0) is 0 Å². The van der Waals surface area contributed by atoms with Gasteiger partial charge in [0.05, 0.1) is 5.56 Å². The number of rotatable bonds is 2. The lowest BCUT2D eigenvalue weighted by Gasteiger charge is -2.48. The van der Waals surface area contributed by atoms with Crippen molar-refractivity contribution in [1.82, 2.24) is 10.3 Å². The second-order valence-corrected chi connectivity index (χ2v) is 5.86. The van der Waals surface area contributed by atoms with E-state index >= 15 is 0 Å². The molecular formula is C15H20N4. The molecule has 1 aliphatic heterocycles. The molecule has 1 spiro atoms. The molecule has 1 aromatic rings. The average Bonchev–Trinajstić information content (AvgIpc) is 2.37. The summed E-state index contributed by atoms with van der Waals surface area (Å²) >= 11 is 0. The number of pyridine rings is 1. The number of piperidine rings is 1. The lowest BCUT2D eigenvalue weighted by molar-refractivity contribution is 0.135. The van der Waals surface area contributed by atoms with Gasteiger partial charge in [0.2, 0.25) is 0 Å². The molecule has 2 fully saturated rings. The number of aryl methyl sites for hydroxylation is 1. The first kappa shape index (κ1) is 12.4. The minimum absolute atomic E-state index is 0.368. The van der Waals surface area contributed by atoms with Crippen LogP contribution in [0.3, 0.4) is 0 Å². The highest BCUT2D eigenvalue weighted by Gasteiger charge is 2.40. The fourth-order valence-electron chi connectivity index (χ4n) is 3.22. The molecule has 4 heteroatoms. The molecule has 0 aromatic carbocycles. The van der Waals surface area contributed by atoms with E-state index in [1.807, 2.05) is 19.1 Å². The summed E-state index contributed by atoms with van der Waals surface area (Å²) in [4.78, 5) is 4.48. The van der Waals surface area contributed by atoms with Crippen molar-refractivity contribution in [3.63, 3.8) is 0 Å². The van der Waals surface area contributed by atoms with Gasteiger partial charge in [0.25, 0.3) is 0 Å². The number of nitrogens with zero attached hydrogens (tertiary/aromatic N) is 2. The van der Waals surface area contributed by atoms with Crippen LogP contribution >= 0.6 is 0 Å². The van der Waals surface area contributed by atoms with E-state index in [9.17, 15) is 0 Å². The molecule has 2 aliphatic rings. The molecule has 100 valence electrons. The van der Waals surface area contributed by atoms with Crippen LogP contribution < -0.4 is 10.6 Å². The summed E-state index contributed by atoms with van der Waals surface area (Å²) in [5.41, 5.74) is 1.97. The van der Waals surface area contributed by atoms with Crippen LogP contribution in [0.5, 0.6) is 0 Å². The monoisotopic (exact) mass is 256 g/mol. The highest BCUT2D eigenvalue weighted by molar-refractivity contribution is 5.52. The fourth-order valence-corrected chi connectivity index (χ4v) is 3.22. The van der Waals surface area contributed by atoms with Crippen LogP contribution in [0.1, 0.15) is 43.4 Å². The van der Waals surface area contributed by atoms with E-state index in [0.717, 1.165) is 30.9 Å². The third-order valence-corrected chi connectivity index (χ3v) is 4.44. The van der Waals surface area contributed by atoms with Gasteiger partial charge in [-0.25, -0.2) is 4.98 Å². The predicted molar refractivity (Wildman–Crippen MR) is 74.9 cm³/mol. The van der Waals surface area contributed by atoms with Gasteiger partial charge < -0.3 is 10.6 Å². The van der Waals surface area contributed by atoms with Gasteiger partial charge in [0.1, 0.15) is 11.9 Å². The molecule has 0 radical (unpaired) electrons. The Morgan fingerprint density at radius 2 is 2.32 bits per heavy atom. The molecule has 0 amide bonds. The first-order valence-corrected chi connectivity index (χ1v) is 7.10. The summed E-state index contributed by atoms with van der Waals surface area (Å²) < 4.78 is 0. The minimum atomic E-state index is 0.368. The van der Waals surface area contributed by atoms with Crippen molar-refractivity contribution in [3.8, 4) is 6.07 Å². The Morgan fingerprint density at radius 1 is 1.47 bits per heavy atom. The van der Waals surface area contributed by atoms with E-state index < -0.39 is 0 Å². The van der Waals surface area contributed by atoms with Crippen LogP contribution in [0, 0.1) is 18.3 Å². The number of aromatic nitrogens is 1. The number of nitrogens with one attached hydrogen (secondary N) is 2. The van der Waals surface area contributed by atoms with Crippen molar-refractivity contribution in [2.45, 2.75) is 50.6 Å². The lowest BCUT2D eigenvalue weighted by atomic mass is 9.70. The third kappa shape index (κ3) is 2.43. The maximum Gasteiger partial charge on any atom is 0.144 e. The first-order chi connectivity index (χ1) is 9.21. The third-order valence-electron chi connectivity index (χ3n) is 4.44. The van der Waals surface area contributed by atoms with Gasteiger partial charge in [0.15, 0.2) is 0 Å². The molecule has 1 aromatic heterocycles. The standard InChI is InChI=1S/C15H20N4/c1-11-3-4-12(10-16)14(18-11)19-13-5-8-17-15(9-13)6-2-7-15/h3-4,13,17H,2,5-9H2,1H3,(H,18,19). The van der Waals surface area contributed by atoms with E-state index in [4.69, 9.17) is 5.26 Å². The highest BCUT2D eigenvalue weighted by Crippen LogP contribution is 2.39. The zero-order chi connectivity index (χ0) is 13.3. The number of nitriles is 1. The molecule has 1 aliphatic carbocycles. The second kappa shape index (κ2) is 4.82. The van der Waals surface area contributed by atoms with Crippen LogP contribution in [0.15, 0.2) is 12.1 Å². The van der Waals surface area contributed by atoms with Gasteiger partial charge in [-0.1, -0.05) is 0 Å². The summed E-state index contributed by atoms with van der Waals surface area (Å²) in [5.74, 6) is 0.754. The van der Waals surface area contributed by atoms with E-state index in [-0.39, 0.29) is 0 Å². The Labute approximate surface area is 114 Å². The van der Waals surface area contributed by atoms with Crippen molar-refractivity contribution in [3.05, 3.63) is 23.4 Å². The topological polar surface area (TPSA) is 60.7 Å². The van der Waals surface area contributed by atoms with Gasteiger partial charge >= 0.3 is 0 Å². The van der Waals surface area contributed by atoms with Crippen molar-refractivity contribution >= 4 is 5.82 Å². The normalized spacial score (nSPS) is 24.5. The van der Waals surface area contributed by atoms with Crippen molar-refractivity contribution in [2.75, 3.05) is 11.9 Å². The first-order valence-electron chi connectivity index (χ1n) is 7.10. The molecule has 1 saturated carbocycles. The largest absolute Gasteiger partial charge is 0.366 e. The van der Waals surface area contributed by atoms with E-state index in [0.29, 0.717) is 17.1 Å². The van der Waals surface area contributed by atoms with Crippen LogP contribution in [0.25, 0.3) is 0 Å². The molecule has 0 bridgehead atoms. The molecule has 1 atom stereocenters. The molecular weight excluding hydrogens is 236 g/mol. The van der Waals surface area contributed by atoms with Gasteiger partial charge in [-0.3, -0.25) is 0 Å². The SMILES string of the molecule is Cc1ccc(C#N)c(NC2CCNC3(CCC3)C2)n1. The van der Waals surface area contributed by atoms with E-state index in [1.165, 1.54) is 19.3 Å². The van der Waals surface area contributed by atoms with Crippen LogP contribution in [0.2, 0.25) is 0 Å². The van der Waals surface area contributed by atoms with E-state index in [2.05, 4.69) is 21.7 Å². The molecule has 4 nitrogen and oxygen atoms in total. The zero-order valence-corrected chi connectivity index (χ0v) is 11.4. The summed E-state index contributed by atoms with van der Waals surface area (Å²) in [5, 5.41) is 16.3. The average molecular weight is 256 g/mol. The van der Waals surface area contributed by atoms with E-state index in [1.54, 1.807) is 0 Å².